The average molecular weight is 916 g/mol. The predicted octanol–water partition coefficient (Wildman–Crippen LogP) is 2.60. The van der Waals surface area contributed by atoms with Crippen LogP contribution in [0.15, 0.2) is 30.3 Å². The van der Waals surface area contributed by atoms with Crippen molar-refractivity contribution in [3.63, 3.8) is 0 Å². The first kappa shape index (κ1) is 58.1. The molecule has 9 N–H and O–H groups in total. The van der Waals surface area contributed by atoms with Crippen molar-refractivity contribution < 1.29 is 48.6 Å². The van der Waals surface area contributed by atoms with Gasteiger partial charge < -0.3 is 47.4 Å². The molecule has 0 saturated heterocycles. The third-order valence-corrected chi connectivity index (χ3v) is 11.8. The van der Waals surface area contributed by atoms with Crippen LogP contribution < -0.4 is 37.2 Å². The molecule has 1 rings (SSSR count). The number of carbonyl (C=O) groups excluding carboxylic acids is 8. The number of Topliss-reactive ketones (excluding diaryl/α,β-unsaturated/α-hetero) is 1. The van der Waals surface area contributed by atoms with Gasteiger partial charge in [0.15, 0.2) is 5.78 Å². The summed E-state index contributed by atoms with van der Waals surface area (Å²) in [5, 5.41) is 38.0. The Morgan fingerprint density at radius 2 is 1.09 bits per heavy atom. The first-order valence-electron chi connectivity index (χ1n) is 23.2. The highest BCUT2D eigenvalue weighted by Gasteiger charge is 2.38. The Morgan fingerprint density at radius 3 is 1.63 bits per heavy atom. The number of aliphatic hydroxyl groups is 2. The summed E-state index contributed by atoms with van der Waals surface area (Å²) in [5.74, 6) is -3.65. The molecule has 17 nitrogen and oxygen atoms in total. The molecule has 0 heterocycles. The van der Waals surface area contributed by atoms with Gasteiger partial charge in [0, 0.05) is 41.7 Å². The molecule has 0 aliphatic heterocycles. The zero-order valence-corrected chi connectivity index (χ0v) is 40.9. The number of rotatable bonds is 31. The SMILES string of the molecule is CCC(C)(CCCC(C)(CCCC(C)(C)C(=O)NCC(C)O)C(=O)NCC(=O)N[C@@H](Cc1ccccc1)C(=O)NC(CC(C)C)C(=O)NCC(=O)C(C)C)C(=O)NCC(=O)NCC(C)O. The lowest BCUT2D eigenvalue weighted by atomic mass is 9.74. The van der Waals surface area contributed by atoms with E-state index in [1.807, 2.05) is 26.8 Å². The van der Waals surface area contributed by atoms with E-state index in [2.05, 4.69) is 37.2 Å². The molecule has 7 amide bonds. The Balaban J connectivity index is 3.27. The van der Waals surface area contributed by atoms with E-state index in [1.165, 1.54) is 6.92 Å². The third kappa shape index (κ3) is 22.2. The summed E-state index contributed by atoms with van der Waals surface area (Å²) in [6, 6.07) is 6.91. The van der Waals surface area contributed by atoms with Crippen LogP contribution in [0.2, 0.25) is 0 Å². The van der Waals surface area contributed by atoms with Gasteiger partial charge in [0.1, 0.15) is 12.1 Å². The Kier molecular flexibility index (Phi) is 25.2. The van der Waals surface area contributed by atoms with Gasteiger partial charge in [0.05, 0.1) is 31.8 Å². The molecule has 65 heavy (non-hydrogen) atoms. The summed E-state index contributed by atoms with van der Waals surface area (Å²) in [6.07, 6.45) is 1.67. The Bertz CT molecular complexity index is 1720. The maximum absolute atomic E-state index is 14.2. The molecule has 1 aromatic carbocycles. The van der Waals surface area contributed by atoms with Gasteiger partial charge in [0.25, 0.3) is 0 Å². The number of benzene rings is 1. The highest BCUT2D eigenvalue weighted by molar-refractivity contribution is 5.95. The number of carbonyl (C=O) groups is 8. The Hall–Kier alpha value is -4.90. The molecular formula is C48H81N7O10. The lowest BCUT2D eigenvalue weighted by Crippen LogP contribution is -2.56. The molecule has 0 fully saturated rings. The maximum Gasteiger partial charge on any atom is 0.243 e. The van der Waals surface area contributed by atoms with Crippen LogP contribution in [0.25, 0.3) is 0 Å². The largest absolute Gasteiger partial charge is 0.392 e. The molecule has 17 heteroatoms. The summed E-state index contributed by atoms with van der Waals surface area (Å²) in [4.78, 5) is 106. The van der Waals surface area contributed by atoms with Crippen molar-refractivity contribution in [3.05, 3.63) is 35.9 Å². The Labute approximate surface area is 386 Å². The van der Waals surface area contributed by atoms with Gasteiger partial charge in [0.2, 0.25) is 41.4 Å². The highest BCUT2D eigenvalue weighted by Crippen LogP contribution is 2.37. The van der Waals surface area contributed by atoms with Gasteiger partial charge >= 0.3 is 0 Å². The first-order valence-corrected chi connectivity index (χ1v) is 23.2. The van der Waals surface area contributed by atoms with Gasteiger partial charge in [-0.25, -0.2) is 0 Å². The highest BCUT2D eigenvalue weighted by atomic mass is 16.3. The second kappa shape index (κ2) is 28.2. The molecule has 0 spiro atoms. The van der Waals surface area contributed by atoms with Crippen LogP contribution in [0.1, 0.15) is 133 Å². The van der Waals surface area contributed by atoms with Crippen molar-refractivity contribution in [2.24, 2.45) is 28.1 Å². The van der Waals surface area contributed by atoms with E-state index in [0.717, 1.165) is 5.56 Å². The number of aliphatic hydroxyl groups excluding tert-OH is 2. The van der Waals surface area contributed by atoms with Crippen molar-refractivity contribution in [2.45, 2.75) is 158 Å². The van der Waals surface area contributed by atoms with E-state index in [-0.39, 0.29) is 68.5 Å². The molecule has 6 atom stereocenters. The molecule has 0 saturated carbocycles. The quantitative estimate of drug-likeness (QED) is 0.0526. The van der Waals surface area contributed by atoms with Crippen molar-refractivity contribution in [1.29, 1.82) is 0 Å². The summed E-state index contributed by atoms with van der Waals surface area (Å²) >= 11 is 0. The normalized spacial score (nSPS) is 15.2. The van der Waals surface area contributed by atoms with Crippen molar-refractivity contribution in [1.82, 2.24) is 37.2 Å². The molecular weight excluding hydrogens is 835 g/mol. The molecule has 0 radical (unpaired) electrons. The van der Waals surface area contributed by atoms with Gasteiger partial charge in [-0.2, -0.15) is 0 Å². The number of hydrogen-bond donors (Lipinski definition) is 9. The van der Waals surface area contributed by atoms with Crippen LogP contribution in [0.4, 0.5) is 0 Å². The molecule has 0 aromatic heterocycles. The van der Waals surface area contributed by atoms with E-state index in [9.17, 15) is 48.6 Å². The molecule has 0 bridgehead atoms. The van der Waals surface area contributed by atoms with Crippen LogP contribution in [-0.2, 0) is 44.8 Å². The van der Waals surface area contributed by atoms with E-state index < -0.39 is 76.6 Å². The first-order chi connectivity index (χ1) is 30.2. The topological polar surface area (TPSA) is 261 Å². The molecule has 0 aliphatic carbocycles. The molecule has 5 unspecified atom stereocenters. The standard InChI is InChI=1S/C48H81N7O10/c1-12-47(10,44(64)52-29-39(59)49-26-33(6)56)21-17-23-48(11,22-16-20-46(8,9)43(63)51-27-34(7)57)45(65)53-30-40(60)54-37(25-35-18-14-13-15-19-35)42(62)55-36(24-31(2)3)41(61)50-28-38(58)32(4)5/h13-15,18-19,31-34,36-37,56-57H,12,16-17,20-30H2,1-11H3,(H,49,59)(H,50,61)(H,51,63)(H,52,64)(H,53,65)(H,54,60)(H,55,62)/t33?,34?,36?,37-,47?,48?/m0/s1. The zero-order chi connectivity index (χ0) is 49.5. The number of ketones is 1. The van der Waals surface area contributed by atoms with Crippen molar-refractivity contribution in [3.8, 4) is 0 Å². The fourth-order valence-corrected chi connectivity index (χ4v) is 7.04. The van der Waals surface area contributed by atoms with Gasteiger partial charge in [-0.3, -0.25) is 38.4 Å². The fourth-order valence-electron chi connectivity index (χ4n) is 7.04. The minimum absolute atomic E-state index is 0.00449. The zero-order valence-electron chi connectivity index (χ0n) is 40.9. The lowest BCUT2D eigenvalue weighted by molar-refractivity contribution is -0.135. The minimum Gasteiger partial charge on any atom is -0.392 e. The molecule has 368 valence electrons. The predicted molar refractivity (Wildman–Crippen MR) is 250 cm³/mol. The van der Waals surface area contributed by atoms with E-state index in [0.29, 0.717) is 44.9 Å². The van der Waals surface area contributed by atoms with Gasteiger partial charge in [-0.1, -0.05) is 105 Å². The molecule has 0 aliphatic rings. The van der Waals surface area contributed by atoms with Crippen molar-refractivity contribution in [2.75, 3.05) is 32.7 Å². The number of nitrogens with one attached hydrogen (secondary N) is 7. The van der Waals surface area contributed by atoms with Crippen LogP contribution in [0.3, 0.4) is 0 Å². The van der Waals surface area contributed by atoms with Gasteiger partial charge in [-0.05, 0) is 63.9 Å². The lowest BCUT2D eigenvalue weighted by Gasteiger charge is -2.33. The summed E-state index contributed by atoms with van der Waals surface area (Å²) < 4.78 is 0. The van der Waals surface area contributed by atoms with Crippen molar-refractivity contribution >= 4 is 47.1 Å². The Morgan fingerprint density at radius 1 is 0.569 bits per heavy atom. The van der Waals surface area contributed by atoms with E-state index in [1.54, 1.807) is 72.7 Å². The summed E-state index contributed by atoms with van der Waals surface area (Å²) in [7, 11) is 0. The average Bonchev–Trinajstić information content (AvgIpc) is 3.23. The fraction of sp³-hybridized carbons (Fsp3) is 0.708. The van der Waals surface area contributed by atoms with E-state index >= 15 is 0 Å². The van der Waals surface area contributed by atoms with Crippen LogP contribution in [0, 0.1) is 28.1 Å². The molecule has 1 aromatic rings. The van der Waals surface area contributed by atoms with E-state index in [4.69, 9.17) is 0 Å². The second-order valence-corrected chi connectivity index (χ2v) is 19.5. The summed E-state index contributed by atoms with van der Waals surface area (Å²) in [5.41, 5.74) is -2.01. The minimum atomic E-state index is -1.13. The maximum atomic E-state index is 14.2. The van der Waals surface area contributed by atoms with Crippen LogP contribution >= 0.6 is 0 Å². The number of amides is 7. The second-order valence-electron chi connectivity index (χ2n) is 19.5. The number of hydrogen-bond acceptors (Lipinski definition) is 10. The van der Waals surface area contributed by atoms with Crippen LogP contribution in [0.5, 0.6) is 0 Å². The smallest absolute Gasteiger partial charge is 0.243 e. The van der Waals surface area contributed by atoms with Crippen LogP contribution in [-0.4, -0.2) is 114 Å². The van der Waals surface area contributed by atoms with Gasteiger partial charge in [-0.15, -0.1) is 0 Å². The monoisotopic (exact) mass is 916 g/mol. The third-order valence-electron chi connectivity index (χ3n) is 11.8. The summed E-state index contributed by atoms with van der Waals surface area (Å²) in [6.45, 7) is 18.6.